The maximum absolute atomic E-state index is 5.79. The highest BCUT2D eigenvalue weighted by molar-refractivity contribution is 14.0. The van der Waals surface area contributed by atoms with Crippen LogP contribution in [0.5, 0.6) is 0 Å². The molecular weight excluding hydrogens is 471 g/mol. The van der Waals surface area contributed by atoms with Gasteiger partial charge in [0.25, 0.3) is 0 Å². The average Bonchev–Trinajstić information content (AvgIpc) is 3.24. The van der Waals surface area contributed by atoms with Crippen molar-refractivity contribution in [3.63, 3.8) is 0 Å². The predicted octanol–water partition coefficient (Wildman–Crippen LogP) is 2.00. The molecule has 0 radical (unpaired) electrons. The Hall–Kier alpha value is -1.10. The summed E-state index contributed by atoms with van der Waals surface area (Å²) >= 11 is 0. The van der Waals surface area contributed by atoms with Crippen LogP contribution in [0.25, 0.3) is 0 Å². The number of hydrogen-bond acceptors (Lipinski definition) is 5. The minimum Gasteiger partial charge on any atom is -0.379 e. The Kier molecular flexibility index (Phi) is 10.9. The van der Waals surface area contributed by atoms with E-state index in [1.54, 1.807) is 7.05 Å². The Morgan fingerprint density at radius 2 is 2.00 bits per heavy atom. The van der Waals surface area contributed by atoms with E-state index in [2.05, 4.69) is 44.8 Å². The number of para-hydroxylation sites is 1. The molecular formula is C20H33IN4O3. The Morgan fingerprint density at radius 1 is 1.18 bits per heavy atom. The fraction of sp³-hybridized carbons (Fsp3) is 0.650. The van der Waals surface area contributed by atoms with Crippen LogP contribution in [0.3, 0.4) is 0 Å². The van der Waals surface area contributed by atoms with Gasteiger partial charge in [-0.25, -0.2) is 0 Å². The second-order valence-electron chi connectivity index (χ2n) is 6.79. The van der Waals surface area contributed by atoms with Crippen molar-refractivity contribution >= 4 is 35.6 Å². The molecule has 28 heavy (non-hydrogen) atoms. The van der Waals surface area contributed by atoms with Crippen molar-refractivity contribution in [3.05, 3.63) is 29.8 Å². The van der Waals surface area contributed by atoms with Crippen LogP contribution in [0.1, 0.15) is 18.4 Å². The van der Waals surface area contributed by atoms with E-state index in [4.69, 9.17) is 14.2 Å². The summed E-state index contributed by atoms with van der Waals surface area (Å²) in [5.74, 6) is 0.816. The third kappa shape index (κ3) is 7.38. The molecule has 0 saturated carbocycles. The Labute approximate surface area is 185 Å². The van der Waals surface area contributed by atoms with Crippen molar-refractivity contribution < 1.29 is 14.2 Å². The monoisotopic (exact) mass is 504 g/mol. The molecule has 7 nitrogen and oxygen atoms in total. The lowest BCUT2D eigenvalue weighted by atomic mass is 10.1. The molecule has 2 N–H and O–H groups in total. The number of aliphatic imine (C=N–C) groups is 1. The highest BCUT2D eigenvalue weighted by Crippen LogP contribution is 2.21. The van der Waals surface area contributed by atoms with Crippen LogP contribution in [0.4, 0.5) is 5.69 Å². The number of morpholine rings is 1. The van der Waals surface area contributed by atoms with Crippen molar-refractivity contribution in [1.82, 2.24) is 10.6 Å². The zero-order valence-corrected chi connectivity index (χ0v) is 19.0. The van der Waals surface area contributed by atoms with E-state index in [9.17, 15) is 0 Å². The SMILES string of the molecule is CN=C(NCCCOC1CCOC1)NCc1ccccc1N1CCOCC1.I. The predicted molar refractivity (Wildman–Crippen MR) is 123 cm³/mol. The van der Waals surface area contributed by atoms with Crippen LogP contribution < -0.4 is 15.5 Å². The fourth-order valence-electron chi connectivity index (χ4n) is 3.35. The van der Waals surface area contributed by atoms with Gasteiger partial charge < -0.3 is 29.7 Å². The van der Waals surface area contributed by atoms with Gasteiger partial charge in [-0.2, -0.15) is 0 Å². The van der Waals surface area contributed by atoms with E-state index < -0.39 is 0 Å². The van der Waals surface area contributed by atoms with Crippen molar-refractivity contribution in [2.24, 2.45) is 4.99 Å². The van der Waals surface area contributed by atoms with Gasteiger partial charge >= 0.3 is 0 Å². The Balaban J connectivity index is 0.00000280. The van der Waals surface area contributed by atoms with E-state index in [0.717, 1.165) is 78.0 Å². The Bertz CT molecular complexity index is 591. The molecule has 3 rings (SSSR count). The van der Waals surface area contributed by atoms with Gasteiger partial charge in [-0.3, -0.25) is 4.99 Å². The first-order chi connectivity index (χ1) is 13.4. The van der Waals surface area contributed by atoms with Crippen LogP contribution in [-0.2, 0) is 20.8 Å². The van der Waals surface area contributed by atoms with Gasteiger partial charge in [0.15, 0.2) is 5.96 Å². The van der Waals surface area contributed by atoms with Gasteiger partial charge in [0, 0.05) is 52.1 Å². The first-order valence-corrected chi connectivity index (χ1v) is 9.91. The molecule has 158 valence electrons. The number of benzene rings is 1. The summed E-state index contributed by atoms with van der Waals surface area (Å²) < 4.78 is 16.6. The molecule has 1 unspecified atom stereocenters. The Morgan fingerprint density at radius 3 is 2.75 bits per heavy atom. The maximum Gasteiger partial charge on any atom is 0.191 e. The van der Waals surface area contributed by atoms with Crippen LogP contribution >= 0.6 is 24.0 Å². The lowest BCUT2D eigenvalue weighted by Gasteiger charge is -2.30. The van der Waals surface area contributed by atoms with Gasteiger partial charge in [0.2, 0.25) is 0 Å². The normalized spacial score (nSPS) is 20.0. The number of halogens is 1. The van der Waals surface area contributed by atoms with Crippen molar-refractivity contribution in [3.8, 4) is 0 Å². The van der Waals surface area contributed by atoms with Gasteiger partial charge in [-0.15, -0.1) is 24.0 Å². The third-order valence-corrected chi connectivity index (χ3v) is 4.87. The summed E-state index contributed by atoms with van der Waals surface area (Å²) in [7, 11) is 1.80. The van der Waals surface area contributed by atoms with Gasteiger partial charge in [0.1, 0.15) is 0 Å². The van der Waals surface area contributed by atoms with Crippen LogP contribution in [0.2, 0.25) is 0 Å². The number of ether oxygens (including phenoxy) is 3. The number of rotatable bonds is 8. The number of nitrogens with zero attached hydrogens (tertiary/aromatic N) is 2. The topological polar surface area (TPSA) is 67.4 Å². The van der Waals surface area contributed by atoms with E-state index in [1.807, 2.05) is 0 Å². The highest BCUT2D eigenvalue weighted by atomic mass is 127. The first-order valence-electron chi connectivity index (χ1n) is 9.91. The first kappa shape index (κ1) is 23.2. The molecule has 0 spiro atoms. The molecule has 0 aliphatic carbocycles. The van der Waals surface area contributed by atoms with Crippen LogP contribution in [0, 0.1) is 0 Å². The van der Waals surface area contributed by atoms with Crippen molar-refractivity contribution in [2.45, 2.75) is 25.5 Å². The molecule has 1 atom stereocenters. The van der Waals surface area contributed by atoms with Crippen LogP contribution in [0.15, 0.2) is 29.3 Å². The zero-order valence-electron chi connectivity index (χ0n) is 16.7. The van der Waals surface area contributed by atoms with Gasteiger partial charge in [0.05, 0.1) is 25.9 Å². The van der Waals surface area contributed by atoms with E-state index in [0.29, 0.717) is 0 Å². The standard InChI is InChI=1S/C20H32N4O3.HI/c1-21-20(22-8-4-11-27-18-7-12-26-16-18)23-15-17-5-2-3-6-19(17)24-9-13-25-14-10-24;/h2-3,5-6,18H,4,7-16H2,1H3,(H2,21,22,23);1H. The summed E-state index contributed by atoms with van der Waals surface area (Å²) in [6, 6.07) is 8.53. The minimum absolute atomic E-state index is 0. The summed E-state index contributed by atoms with van der Waals surface area (Å²) in [4.78, 5) is 6.71. The highest BCUT2D eigenvalue weighted by Gasteiger charge is 2.16. The van der Waals surface area contributed by atoms with E-state index >= 15 is 0 Å². The molecule has 0 aromatic heterocycles. The molecule has 2 aliphatic rings. The third-order valence-electron chi connectivity index (χ3n) is 4.87. The molecule has 0 bridgehead atoms. The summed E-state index contributed by atoms with van der Waals surface area (Å²) in [6.45, 7) is 7.34. The number of guanidine groups is 1. The van der Waals surface area contributed by atoms with Gasteiger partial charge in [-0.1, -0.05) is 18.2 Å². The smallest absolute Gasteiger partial charge is 0.191 e. The molecule has 8 heteroatoms. The van der Waals surface area contributed by atoms with E-state index in [1.165, 1.54) is 11.3 Å². The summed E-state index contributed by atoms with van der Waals surface area (Å²) in [5.41, 5.74) is 2.54. The molecule has 2 saturated heterocycles. The lowest BCUT2D eigenvalue weighted by molar-refractivity contribution is 0.0420. The number of nitrogens with one attached hydrogen (secondary N) is 2. The van der Waals surface area contributed by atoms with Gasteiger partial charge in [-0.05, 0) is 24.5 Å². The summed E-state index contributed by atoms with van der Waals surface area (Å²) in [6.07, 6.45) is 2.24. The second kappa shape index (κ2) is 13.2. The fourth-order valence-corrected chi connectivity index (χ4v) is 3.35. The van der Waals surface area contributed by atoms with Crippen LogP contribution in [-0.4, -0.2) is 71.8 Å². The molecule has 1 aromatic rings. The maximum atomic E-state index is 5.79. The minimum atomic E-state index is 0. The average molecular weight is 504 g/mol. The van der Waals surface area contributed by atoms with Crippen molar-refractivity contribution in [1.29, 1.82) is 0 Å². The number of hydrogen-bond donors (Lipinski definition) is 2. The molecule has 1 aromatic carbocycles. The second-order valence-corrected chi connectivity index (χ2v) is 6.79. The van der Waals surface area contributed by atoms with E-state index in [-0.39, 0.29) is 30.1 Å². The lowest BCUT2D eigenvalue weighted by Crippen LogP contribution is -2.39. The molecule has 2 fully saturated rings. The zero-order chi connectivity index (χ0) is 18.7. The van der Waals surface area contributed by atoms with Crippen molar-refractivity contribution in [2.75, 3.05) is 64.6 Å². The summed E-state index contributed by atoms with van der Waals surface area (Å²) in [5, 5.41) is 6.78. The quantitative estimate of drug-likeness (QED) is 0.245. The molecule has 0 amide bonds. The largest absolute Gasteiger partial charge is 0.379 e. The molecule has 2 heterocycles. The molecule has 2 aliphatic heterocycles. The number of anilines is 1.